The molecule has 0 aromatic carbocycles. The van der Waals surface area contributed by atoms with Crippen LogP contribution in [0.5, 0.6) is 0 Å². The predicted octanol–water partition coefficient (Wildman–Crippen LogP) is 2.13. The van der Waals surface area contributed by atoms with Crippen molar-refractivity contribution in [2.75, 3.05) is 13.1 Å². The zero-order valence-electron chi connectivity index (χ0n) is 9.47. The summed E-state index contributed by atoms with van der Waals surface area (Å²) in [6.45, 7) is 4.54. The Morgan fingerprint density at radius 1 is 1.21 bits per heavy atom. The molecule has 2 N–H and O–H groups in total. The molecule has 2 nitrogen and oxygen atoms in total. The van der Waals surface area contributed by atoms with Crippen LogP contribution in [0, 0.1) is 0 Å². The highest BCUT2D eigenvalue weighted by atomic mass is 15.2. The van der Waals surface area contributed by atoms with E-state index < -0.39 is 0 Å². The summed E-state index contributed by atoms with van der Waals surface area (Å²) in [7, 11) is 0. The highest BCUT2D eigenvalue weighted by molar-refractivity contribution is 4.98. The van der Waals surface area contributed by atoms with Crippen LogP contribution in [-0.2, 0) is 0 Å². The highest BCUT2D eigenvalue weighted by Crippen LogP contribution is 2.37. The van der Waals surface area contributed by atoms with Gasteiger partial charge >= 0.3 is 0 Å². The van der Waals surface area contributed by atoms with Crippen molar-refractivity contribution in [3.05, 3.63) is 0 Å². The van der Waals surface area contributed by atoms with Crippen LogP contribution in [0.4, 0.5) is 0 Å². The highest BCUT2D eigenvalue weighted by Gasteiger charge is 2.40. The summed E-state index contributed by atoms with van der Waals surface area (Å²) >= 11 is 0. The zero-order valence-corrected chi connectivity index (χ0v) is 9.47. The Kier molecular flexibility index (Phi) is 3.13. The quantitative estimate of drug-likeness (QED) is 0.733. The molecule has 2 heteroatoms. The van der Waals surface area contributed by atoms with Crippen LogP contribution < -0.4 is 5.73 Å². The Morgan fingerprint density at radius 3 is 2.43 bits per heavy atom. The van der Waals surface area contributed by atoms with E-state index in [0.29, 0.717) is 5.54 Å². The van der Waals surface area contributed by atoms with Gasteiger partial charge in [0.05, 0.1) is 0 Å². The lowest BCUT2D eigenvalue weighted by Crippen LogP contribution is -2.56. The van der Waals surface area contributed by atoms with Crippen molar-refractivity contribution < 1.29 is 0 Å². The molecule has 82 valence electrons. The van der Waals surface area contributed by atoms with E-state index in [9.17, 15) is 0 Å². The van der Waals surface area contributed by atoms with Crippen LogP contribution >= 0.6 is 0 Å². The van der Waals surface area contributed by atoms with E-state index in [1.165, 1.54) is 51.5 Å². The number of likely N-dealkylation sites (tertiary alicyclic amines) is 1. The van der Waals surface area contributed by atoms with E-state index in [1.807, 2.05) is 0 Å². The maximum absolute atomic E-state index is 6.04. The summed E-state index contributed by atoms with van der Waals surface area (Å²) in [6, 6.07) is 0.775. The van der Waals surface area contributed by atoms with Crippen molar-refractivity contribution >= 4 is 0 Å². The number of hydrogen-bond acceptors (Lipinski definition) is 2. The van der Waals surface area contributed by atoms with E-state index in [4.69, 9.17) is 5.73 Å². The first-order valence-corrected chi connectivity index (χ1v) is 6.25. The summed E-state index contributed by atoms with van der Waals surface area (Å²) in [5, 5.41) is 0. The molecule has 0 aromatic rings. The third-order valence-corrected chi connectivity index (χ3v) is 4.33. The van der Waals surface area contributed by atoms with Gasteiger partial charge < -0.3 is 5.73 Å². The van der Waals surface area contributed by atoms with Gasteiger partial charge in [-0.1, -0.05) is 19.3 Å². The molecule has 1 aliphatic heterocycles. The molecule has 0 bridgehead atoms. The van der Waals surface area contributed by atoms with Crippen LogP contribution in [0.25, 0.3) is 0 Å². The average molecular weight is 196 g/mol. The van der Waals surface area contributed by atoms with E-state index in [1.54, 1.807) is 0 Å². The monoisotopic (exact) mass is 196 g/mol. The van der Waals surface area contributed by atoms with Gasteiger partial charge in [-0.25, -0.2) is 0 Å². The molecule has 0 spiro atoms. The maximum atomic E-state index is 6.04. The van der Waals surface area contributed by atoms with Crippen molar-refractivity contribution in [3.63, 3.8) is 0 Å². The number of hydrogen-bond donors (Lipinski definition) is 1. The average Bonchev–Trinajstić information content (AvgIpc) is 2.66. The van der Waals surface area contributed by atoms with Gasteiger partial charge in [0, 0.05) is 18.1 Å². The van der Waals surface area contributed by atoms with Crippen LogP contribution in [-0.4, -0.2) is 29.6 Å². The van der Waals surface area contributed by atoms with Gasteiger partial charge in [0.25, 0.3) is 0 Å². The Hall–Kier alpha value is -0.0800. The minimum Gasteiger partial charge on any atom is -0.329 e. The second-order valence-corrected chi connectivity index (χ2v) is 5.17. The molecule has 1 saturated carbocycles. The largest absolute Gasteiger partial charge is 0.329 e. The molecule has 1 heterocycles. The molecule has 1 saturated heterocycles. The van der Waals surface area contributed by atoms with Crippen LogP contribution in [0.3, 0.4) is 0 Å². The lowest BCUT2D eigenvalue weighted by molar-refractivity contribution is 0.0514. The Balaban J connectivity index is 2.09. The molecule has 1 unspecified atom stereocenters. The van der Waals surface area contributed by atoms with E-state index >= 15 is 0 Å². The minimum atomic E-state index is 0.383. The summed E-state index contributed by atoms with van der Waals surface area (Å²) < 4.78 is 0. The first-order valence-electron chi connectivity index (χ1n) is 6.25. The molecule has 0 aromatic heterocycles. The van der Waals surface area contributed by atoms with Crippen molar-refractivity contribution in [1.29, 1.82) is 0 Å². The number of nitrogens with zero attached hydrogens (tertiary/aromatic N) is 1. The Morgan fingerprint density at radius 2 is 1.93 bits per heavy atom. The third-order valence-electron chi connectivity index (χ3n) is 4.33. The third kappa shape index (κ3) is 1.70. The van der Waals surface area contributed by atoms with Gasteiger partial charge in [-0.05, 0) is 39.2 Å². The molecule has 1 atom stereocenters. The molecule has 2 aliphatic rings. The molecule has 0 amide bonds. The number of nitrogens with two attached hydrogens (primary N) is 1. The maximum Gasteiger partial charge on any atom is 0.0334 e. The van der Waals surface area contributed by atoms with E-state index in [2.05, 4.69) is 11.8 Å². The molecular weight excluding hydrogens is 172 g/mol. The van der Waals surface area contributed by atoms with Crippen LogP contribution in [0.2, 0.25) is 0 Å². The fraction of sp³-hybridized carbons (Fsp3) is 1.00. The van der Waals surface area contributed by atoms with E-state index in [0.717, 1.165) is 12.6 Å². The summed E-state index contributed by atoms with van der Waals surface area (Å²) in [5.41, 5.74) is 6.42. The van der Waals surface area contributed by atoms with Gasteiger partial charge in [0.15, 0.2) is 0 Å². The predicted molar refractivity (Wildman–Crippen MR) is 60.3 cm³/mol. The Labute approximate surface area is 87.8 Å². The second kappa shape index (κ2) is 4.19. The molecule has 0 radical (unpaired) electrons. The van der Waals surface area contributed by atoms with Gasteiger partial charge in [0.1, 0.15) is 0 Å². The standard InChI is InChI=1S/C12H24N2/c1-11-6-5-9-14(11)12(10-13)7-3-2-4-8-12/h11H,2-10,13H2,1H3. The Bertz CT molecular complexity index is 185. The number of rotatable bonds is 2. The summed E-state index contributed by atoms with van der Waals surface area (Å²) in [6.07, 6.45) is 9.64. The van der Waals surface area contributed by atoms with E-state index in [-0.39, 0.29) is 0 Å². The smallest absolute Gasteiger partial charge is 0.0334 e. The van der Waals surface area contributed by atoms with Crippen molar-refractivity contribution in [2.45, 2.75) is 63.5 Å². The normalized spacial score (nSPS) is 33.4. The van der Waals surface area contributed by atoms with Crippen molar-refractivity contribution in [3.8, 4) is 0 Å². The summed E-state index contributed by atoms with van der Waals surface area (Å²) in [5.74, 6) is 0. The zero-order chi connectivity index (χ0) is 10.0. The first kappa shape index (κ1) is 10.4. The van der Waals surface area contributed by atoms with Crippen LogP contribution in [0.1, 0.15) is 51.9 Å². The first-order chi connectivity index (χ1) is 6.78. The molecule has 2 rings (SSSR count). The van der Waals surface area contributed by atoms with Gasteiger partial charge in [-0.15, -0.1) is 0 Å². The topological polar surface area (TPSA) is 29.3 Å². The fourth-order valence-corrected chi connectivity index (χ4v) is 3.46. The van der Waals surface area contributed by atoms with Gasteiger partial charge in [-0.3, -0.25) is 4.90 Å². The fourth-order valence-electron chi connectivity index (χ4n) is 3.46. The van der Waals surface area contributed by atoms with Crippen molar-refractivity contribution in [2.24, 2.45) is 5.73 Å². The van der Waals surface area contributed by atoms with Crippen molar-refractivity contribution in [1.82, 2.24) is 4.90 Å². The van der Waals surface area contributed by atoms with Gasteiger partial charge in [-0.2, -0.15) is 0 Å². The molecule has 14 heavy (non-hydrogen) atoms. The van der Waals surface area contributed by atoms with Gasteiger partial charge in [0.2, 0.25) is 0 Å². The lowest BCUT2D eigenvalue weighted by atomic mass is 9.80. The van der Waals surface area contributed by atoms with Crippen LogP contribution in [0.15, 0.2) is 0 Å². The lowest BCUT2D eigenvalue weighted by Gasteiger charge is -2.46. The minimum absolute atomic E-state index is 0.383. The molecule has 1 aliphatic carbocycles. The summed E-state index contributed by atoms with van der Waals surface area (Å²) in [4.78, 5) is 2.71. The molecule has 2 fully saturated rings. The molecular formula is C12H24N2. The second-order valence-electron chi connectivity index (χ2n) is 5.17. The SMILES string of the molecule is CC1CCCN1C1(CN)CCCCC1.